The minimum Gasteiger partial charge on any atom is -0.478 e. The van der Waals surface area contributed by atoms with Gasteiger partial charge < -0.3 is 16.2 Å². The molecule has 0 bridgehead atoms. The zero-order chi connectivity index (χ0) is 39.4. The number of hydrogen-bond donors (Lipinski definition) is 3. The first-order chi connectivity index (χ1) is 26.9. The number of carboxylic acids is 1. The van der Waals surface area contributed by atoms with E-state index >= 15 is 0 Å². The van der Waals surface area contributed by atoms with E-state index in [1.165, 1.54) is 54.6 Å². The Hall–Kier alpha value is -6.74. The van der Waals surface area contributed by atoms with Crippen molar-refractivity contribution in [2.75, 3.05) is 11.1 Å². The van der Waals surface area contributed by atoms with Gasteiger partial charge in [0.05, 0.1) is 5.56 Å². The number of aromatic carboxylic acids is 1. The molecule has 0 saturated heterocycles. The number of aryl methyl sites for hydroxylation is 1. The van der Waals surface area contributed by atoms with Crippen LogP contribution in [0.15, 0.2) is 109 Å². The van der Waals surface area contributed by atoms with Crippen molar-refractivity contribution in [2.45, 2.75) is 33.1 Å². The Labute approximate surface area is 319 Å². The second-order valence-electron chi connectivity index (χ2n) is 14.6. The predicted octanol–water partition coefficient (Wildman–Crippen LogP) is 11.4. The molecule has 6 nitrogen and oxygen atoms in total. The van der Waals surface area contributed by atoms with Crippen LogP contribution in [0.1, 0.15) is 62.5 Å². The molecule has 8 aromatic carbocycles. The van der Waals surface area contributed by atoms with Crippen LogP contribution in [-0.2, 0) is 12.8 Å². The van der Waals surface area contributed by atoms with Gasteiger partial charge in [0, 0.05) is 45.4 Å². The van der Waals surface area contributed by atoms with Gasteiger partial charge in [-0.15, -0.1) is 0 Å². The highest BCUT2D eigenvalue weighted by atomic mass is 19.1. The Balaban J connectivity index is 1.32. The van der Waals surface area contributed by atoms with Crippen LogP contribution < -0.4 is 11.1 Å². The first-order valence-electron chi connectivity index (χ1n) is 18.3. The fraction of sp³-hybridized carbons (Fsp3) is 0.128. The van der Waals surface area contributed by atoms with Crippen LogP contribution in [0.3, 0.4) is 0 Å². The quantitative estimate of drug-likeness (QED) is 0.0558. The van der Waals surface area contributed by atoms with E-state index < -0.39 is 23.5 Å². The molecule has 0 atom stereocenters. The Bertz CT molecular complexity index is 2880. The lowest BCUT2D eigenvalue weighted by Crippen LogP contribution is -2.14. The molecule has 8 rings (SSSR count). The number of ketones is 1. The number of benzene rings is 8. The van der Waals surface area contributed by atoms with Crippen LogP contribution in [0.2, 0.25) is 0 Å². The topological polar surface area (TPSA) is 109 Å². The maximum Gasteiger partial charge on any atom is 0.336 e. The van der Waals surface area contributed by atoms with E-state index in [2.05, 4.69) is 19.2 Å². The number of hydrogen-bond acceptors (Lipinski definition) is 4. The Morgan fingerprint density at radius 2 is 1.18 bits per heavy atom. The number of nitrogens with two attached hydrogens (primary N) is 1. The molecule has 0 unspecified atom stereocenters. The van der Waals surface area contributed by atoms with E-state index in [1.807, 2.05) is 24.3 Å². The lowest BCUT2D eigenvalue weighted by Gasteiger charge is -2.21. The molecule has 0 aliphatic heterocycles. The third-order valence-corrected chi connectivity index (χ3v) is 10.5. The summed E-state index contributed by atoms with van der Waals surface area (Å²) < 4.78 is 42.5. The molecule has 8 aromatic rings. The summed E-state index contributed by atoms with van der Waals surface area (Å²) in [6.45, 7) is 4.17. The zero-order valence-corrected chi connectivity index (χ0v) is 30.5. The van der Waals surface area contributed by atoms with Crippen molar-refractivity contribution in [1.29, 1.82) is 0 Å². The molecule has 0 heterocycles. The molecule has 0 aliphatic rings. The summed E-state index contributed by atoms with van der Waals surface area (Å²) in [4.78, 5) is 41.0. The number of carbonyl (C=O) groups excluding carboxylic acids is 2. The van der Waals surface area contributed by atoms with E-state index in [9.17, 15) is 32.7 Å². The van der Waals surface area contributed by atoms with E-state index in [1.54, 1.807) is 30.3 Å². The molecule has 0 radical (unpaired) electrons. The summed E-state index contributed by atoms with van der Waals surface area (Å²) in [7, 11) is 0. The van der Waals surface area contributed by atoms with E-state index in [0.717, 1.165) is 38.1 Å². The first kappa shape index (κ1) is 36.2. The van der Waals surface area contributed by atoms with Crippen molar-refractivity contribution in [2.24, 2.45) is 5.92 Å². The minimum absolute atomic E-state index is 0.00288. The summed E-state index contributed by atoms with van der Waals surface area (Å²) in [5.41, 5.74) is 9.44. The number of nitrogen functional groups attached to an aromatic ring is 1. The van der Waals surface area contributed by atoms with E-state index in [-0.39, 0.29) is 57.6 Å². The van der Waals surface area contributed by atoms with Crippen LogP contribution in [0.4, 0.5) is 24.5 Å². The highest BCUT2D eigenvalue weighted by Crippen LogP contribution is 2.45. The molecule has 0 aliphatic carbocycles. The van der Waals surface area contributed by atoms with Crippen molar-refractivity contribution in [1.82, 2.24) is 0 Å². The third kappa shape index (κ3) is 6.34. The van der Waals surface area contributed by atoms with Gasteiger partial charge in [-0.05, 0) is 128 Å². The van der Waals surface area contributed by atoms with Crippen molar-refractivity contribution >= 4 is 72.1 Å². The van der Waals surface area contributed by atoms with Crippen LogP contribution in [0, 0.1) is 23.4 Å². The number of amides is 1. The number of carbonyl (C=O) groups is 3. The summed E-state index contributed by atoms with van der Waals surface area (Å²) >= 11 is 0. The molecular weight excluding hydrogens is 714 g/mol. The van der Waals surface area contributed by atoms with Gasteiger partial charge in [0.2, 0.25) is 0 Å². The number of rotatable bonds is 10. The number of carboxylic acid groups (broad SMARTS) is 1. The Morgan fingerprint density at radius 3 is 1.82 bits per heavy atom. The van der Waals surface area contributed by atoms with E-state index in [0.29, 0.717) is 34.6 Å². The average Bonchev–Trinajstić information content (AvgIpc) is 3.17. The van der Waals surface area contributed by atoms with Gasteiger partial charge in [0.25, 0.3) is 5.91 Å². The van der Waals surface area contributed by atoms with Crippen LogP contribution >= 0.6 is 0 Å². The van der Waals surface area contributed by atoms with E-state index in [4.69, 9.17) is 5.73 Å². The fourth-order valence-corrected chi connectivity index (χ4v) is 8.01. The average molecular weight is 749 g/mol. The summed E-state index contributed by atoms with van der Waals surface area (Å²) in [5, 5.41) is 18.8. The molecule has 9 heteroatoms. The number of fused-ring (bicyclic) bond motifs is 2. The highest BCUT2D eigenvalue weighted by Gasteiger charge is 2.25. The largest absolute Gasteiger partial charge is 0.478 e. The van der Waals surface area contributed by atoms with Crippen LogP contribution in [0.5, 0.6) is 0 Å². The maximum atomic E-state index is 14.6. The lowest BCUT2D eigenvalue weighted by molar-refractivity contribution is 0.0698. The molecule has 0 aromatic heterocycles. The molecule has 0 saturated carbocycles. The second-order valence-corrected chi connectivity index (χ2v) is 14.6. The standard InChI is InChI=1S/C47H35F3N2O4/c1-24(2)21-26-6-11-30-32-12-15-34(41(53)20-5-25-3-7-27(48)8-4-25)45-36(47(55)56)17-14-33(44(32)45)31-13-16-35(42(26)43(30)31)46(54)52-40-19-10-29(50)23-38(40)37-22-28(49)9-18-39(37)51/h3-4,6-19,22-24H,5,20-21,51H2,1-2H3,(H,52,54)(H,55,56). The van der Waals surface area contributed by atoms with Gasteiger partial charge in [-0.2, -0.15) is 0 Å². The predicted molar refractivity (Wildman–Crippen MR) is 216 cm³/mol. The Morgan fingerprint density at radius 1 is 0.625 bits per heavy atom. The number of nitrogens with one attached hydrogen (secondary N) is 1. The van der Waals surface area contributed by atoms with Crippen molar-refractivity contribution in [3.05, 3.63) is 154 Å². The normalized spacial score (nSPS) is 11.7. The van der Waals surface area contributed by atoms with Gasteiger partial charge in [0.1, 0.15) is 17.5 Å². The molecule has 1 amide bonds. The number of Topliss-reactive ketones (excluding diaryl/α,β-unsaturated/α-hetero) is 1. The maximum absolute atomic E-state index is 14.6. The second kappa shape index (κ2) is 14.2. The summed E-state index contributed by atoms with van der Waals surface area (Å²) in [6, 6.07) is 27.8. The fourth-order valence-electron chi connectivity index (χ4n) is 8.01. The lowest BCUT2D eigenvalue weighted by atomic mass is 9.82. The monoisotopic (exact) mass is 748 g/mol. The molecule has 56 heavy (non-hydrogen) atoms. The zero-order valence-electron chi connectivity index (χ0n) is 30.5. The smallest absolute Gasteiger partial charge is 0.336 e. The Kier molecular flexibility index (Phi) is 9.16. The van der Waals surface area contributed by atoms with Gasteiger partial charge in [-0.25, -0.2) is 18.0 Å². The van der Waals surface area contributed by atoms with Crippen molar-refractivity contribution < 1.29 is 32.7 Å². The van der Waals surface area contributed by atoms with Crippen molar-refractivity contribution in [3.63, 3.8) is 0 Å². The molecule has 4 N–H and O–H groups in total. The number of anilines is 2. The summed E-state index contributed by atoms with van der Waals surface area (Å²) in [5.74, 6) is -3.18. The highest BCUT2D eigenvalue weighted by molar-refractivity contribution is 6.37. The van der Waals surface area contributed by atoms with Gasteiger partial charge in [-0.1, -0.05) is 62.4 Å². The minimum atomic E-state index is -1.17. The summed E-state index contributed by atoms with van der Waals surface area (Å²) in [6.07, 6.45) is 1.09. The van der Waals surface area contributed by atoms with Crippen LogP contribution in [-0.4, -0.2) is 22.8 Å². The van der Waals surface area contributed by atoms with Gasteiger partial charge in [-0.3, -0.25) is 9.59 Å². The first-order valence-corrected chi connectivity index (χ1v) is 18.3. The molecular formula is C47H35F3N2O4. The molecule has 278 valence electrons. The SMILES string of the molecule is CC(C)Cc1ccc2c3ccc(C(=O)CCc4ccc(F)cc4)c4c(C(=O)O)ccc(c5ccc(C(=O)Nc6ccc(F)cc6-c6cc(F)ccc6N)c1c52)c43. The van der Waals surface area contributed by atoms with Gasteiger partial charge in [0.15, 0.2) is 5.78 Å². The van der Waals surface area contributed by atoms with Crippen molar-refractivity contribution in [3.8, 4) is 11.1 Å². The third-order valence-electron chi connectivity index (χ3n) is 10.5. The molecule has 0 fully saturated rings. The molecule has 0 spiro atoms. The van der Waals surface area contributed by atoms with Crippen LogP contribution in [0.25, 0.3) is 54.2 Å². The number of halogens is 3. The van der Waals surface area contributed by atoms with Gasteiger partial charge >= 0.3 is 5.97 Å².